The largest absolute Gasteiger partial charge is 0.394 e. The molecule has 1 aromatic rings. The van der Waals surface area contributed by atoms with Gasteiger partial charge >= 0.3 is 0 Å². The summed E-state index contributed by atoms with van der Waals surface area (Å²) in [5.41, 5.74) is -3.10. The van der Waals surface area contributed by atoms with Gasteiger partial charge in [-0.2, -0.15) is 0 Å². The molecule has 7 fully saturated rings. The molecule has 11 aliphatic rings. The molecule has 12 rings (SSSR count). The van der Waals surface area contributed by atoms with E-state index < -0.39 is 69.6 Å². The SMILES string of the molecule is C[C@@H](O)c1ccc2c(c1)=C[C@@H]1[C@H](C=2)CC[C@@]23CC[C@H]4[C@](C)([C@H](O)CO)[C@@H](O)CC[C@@]14[C@H]2C(=O)C=C1[C@H]2C[C@]4(C)CCC#C[C@]5(O)CC[C@@H]([C@H](O)[C@@]25C2(CCCC2)C4)[C@]13C. The van der Waals surface area contributed by atoms with Crippen LogP contribution >= 0.6 is 0 Å². The quantitative estimate of drug-likeness (QED) is 0.218. The van der Waals surface area contributed by atoms with Gasteiger partial charge in [-0.1, -0.05) is 69.4 Å². The van der Waals surface area contributed by atoms with Crippen LogP contribution in [-0.4, -0.2) is 66.9 Å². The topological polar surface area (TPSA) is 138 Å². The zero-order valence-electron chi connectivity index (χ0n) is 35.8. The van der Waals surface area contributed by atoms with Gasteiger partial charge in [0.15, 0.2) is 5.78 Å². The van der Waals surface area contributed by atoms with Crippen LogP contribution in [0, 0.1) is 85.3 Å². The summed E-state index contributed by atoms with van der Waals surface area (Å²) in [6, 6.07) is 6.26. The third-order valence-electron chi connectivity index (χ3n) is 21.5. The van der Waals surface area contributed by atoms with Crippen molar-refractivity contribution in [2.75, 3.05) is 6.61 Å². The zero-order valence-corrected chi connectivity index (χ0v) is 35.8. The minimum atomic E-state index is -1.33. The van der Waals surface area contributed by atoms with Crippen LogP contribution in [0.5, 0.6) is 0 Å². The van der Waals surface area contributed by atoms with Gasteiger partial charge in [0.2, 0.25) is 0 Å². The minimum absolute atomic E-state index is 0.0246. The summed E-state index contributed by atoms with van der Waals surface area (Å²) in [7, 11) is 0. The fourth-order valence-corrected chi connectivity index (χ4v) is 19.4. The number of hydrogen-bond acceptors (Lipinski definition) is 7. The molecule has 59 heavy (non-hydrogen) atoms. The Balaban J connectivity index is 1.19. The average molecular weight is 805 g/mol. The standard InChI is InChI=1S/C52H68O7/c1-30(54)31-9-10-32-24-33-11-19-49-20-13-40-46(3,42(57)28-53)41(56)14-22-51(40,36(33)25-34(32)23-31)43(49)39(55)26-37-38-27-45(2)15-5-8-18-50(59)21-12-35(47(37,49)4)44(58)52(38,50)48(29-45)16-6-7-17-48/h9-10,23-26,30,33,35-36,38,40-44,53-54,56-59H,5-7,11-17,19-22,27-29H2,1-4H3/t30-,33+,35+,36-,38-,40+,41+,42-,43+,44+,45+,46+,47-,49-,50+,51-,52-/m1/s1. The Labute approximate surface area is 350 Å². The molecular formula is C52H68O7. The van der Waals surface area contributed by atoms with Crippen LogP contribution in [-0.2, 0) is 4.79 Å². The minimum Gasteiger partial charge on any atom is -0.394 e. The molecule has 0 aromatic heterocycles. The van der Waals surface area contributed by atoms with E-state index in [9.17, 15) is 30.6 Å². The Morgan fingerprint density at radius 1 is 0.898 bits per heavy atom. The summed E-state index contributed by atoms with van der Waals surface area (Å²) in [5.74, 6) is 6.25. The molecular weight excluding hydrogens is 737 g/mol. The monoisotopic (exact) mass is 804 g/mol. The van der Waals surface area contributed by atoms with Crippen LogP contribution in [0.2, 0.25) is 0 Å². The van der Waals surface area contributed by atoms with Crippen LogP contribution in [0.25, 0.3) is 12.2 Å². The van der Waals surface area contributed by atoms with Crippen molar-refractivity contribution in [3.05, 3.63) is 45.8 Å². The molecule has 0 radical (unpaired) electrons. The Morgan fingerprint density at radius 3 is 2.41 bits per heavy atom. The molecule has 0 saturated heterocycles. The number of carbonyl (C=O) groups excluding carboxylic acids is 1. The van der Waals surface area contributed by atoms with Gasteiger partial charge in [-0.3, -0.25) is 4.79 Å². The number of hydrogen-bond donors (Lipinski definition) is 6. The van der Waals surface area contributed by atoms with E-state index in [2.05, 4.69) is 56.0 Å². The molecule has 1 aromatic carbocycles. The summed E-state index contributed by atoms with van der Waals surface area (Å²) in [6.45, 7) is 8.22. The first-order chi connectivity index (χ1) is 28.0. The van der Waals surface area contributed by atoms with E-state index in [1.54, 1.807) is 6.92 Å². The van der Waals surface area contributed by atoms with Crippen LogP contribution < -0.4 is 10.4 Å². The lowest BCUT2D eigenvalue weighted by molar-refractivity contribution is -0.321. The maximum Gasteiger partial charge on any atom is 0.159 e. The number of benzene rings is 1. The normalized spacial score (nSPS) is 51.8. The first-order valence-corrected chi connectivity index (χ1v) is 23.7. The highest BCUT2D eigenvalue weighted by Crippen LogP contribution is 2.85. The highest BCUT2D eigenvalue weighted by atomic mass is 16.3. The second-order valence-electron chi connectivity index (χ2n) is 23.1. The van der Waals surface area contributed by atoms with Gasteiger partial charge in [-0.25, -0.2) is 0 Å². The Hall–Kier alpha value is -2.31. The van der Waals surface area contributed by atoms with Crippen LogP contribution in [0.3, 0.4) is 0 Å². The number of ketones is 1. The molecule has 0 aliphatic heterocycles. The number of carbonyl (C=O) groups is 1. The summed E-state index contributed by atoms with van der Waals surface area (Å²) < 4.78 is 0. The van der Waals surface area contributed by atoms with E-state index in [1.165, 1.54) is 5.57 Å². The smallest absolute Gasteiger partial charge is 0.159 e. The molecule has 0 unspecified atom stereocenters. The molecule has 318 valence electrons. The molecule has 7 nitrogen and oxygen atoms in total. The first kappa shape index (κ1) is 39.5. The summed E-state index contributed by atoms with van der Waals surface area (Å²) >= 11 is 0. The fourth-order valence-electron chi connectivity index (χ4n) is 19.4. The molecule has 5 bridgehead atoms. The third-order valence-corrected chi connectivity index (χ3v) is 21.5. The van der Waals surface area contributed by atoms with Crippen molar-refractivity contribution in [3.63, 3.8) is 0 Å². The molecule has 7 heteroatoms. The summed E-state index contributed by atoms with van der Waals surface area (Å²) in [4.78, 5) is 16.2. The predicted octanol–water partition coefficient (Wildman–Crippen LogP) is 5.65. The second kappa shape index (κ2) is 12.4. The Kier molecular flexibility index (Phi) is 8.34. The fraction of sp³-hybridized carbons (Fsp3) is 0.750. The van der Waals surface area contributed by atoms with Gasteiger partial charge in [0, 0.05) is 28.6 Å². The number of allylic oxidation sites excluding steroid dienone is 2. The molecule has 11 aliphatic carbocycles. The van der Waals surface area contributed by atoms with Crippen molar-refractivity contribution in [1.29, 1.82) is 0 Å². The molecule has 0 heterocycles. The lowest BCUT2D eigenvalue weighted by Gasteiger charge is -2.79. The van der Waals surface area contributed by atoms with Gasteiger partial charge in [0.25, 0.3) is 0 Å². The highest BCUT2D eigenvalue weighted by molar-refractivity contribution is 5.96. The van der Waals surface area contributed by atoms with E-state index in [-0.39, 0.29) is 46.2 Å². The third kappa shape index (κ3) is 4.41. The van der Waals surface area contributed by atoms with Gasteiger partial charge in [0.1, 0.15) is 5.60 Å². The van der Waals surface area contributed by atoms with Crippen molar-refractivity contribution < 1.29 is 35.4 Å². The lowest BCUT2D eigenvalue weighted by Crippen LogP contribution is -2.80. The molecule has 7 saturated carbocycles. The van der Waals surface area contributed by atoms with E-state index >= 15 is 4.79 Å². The Bertz CT molecular complexity index is 2200. The van der Waals surface area contributed by atoms with E-state index in [0.717, 1.165) is 86.6 Å². The van der Waals surface area contributed by atoms with E-state index in [1.807, 2.05) is 13.0 Å². The van der Waals surface area contributed by atoms with Gasteiger partial charge in [-0.05, 0) is 170 Å². The van der Waals surface area contributed by atoms with Crippen LogP contribution in [0.1, 0.15) is 142 Å². The molecule has 0 amide bonds. The van der Waals surface area contributed by atoms with Crippen molar-refractivity contribution in [3.8, 4) is 11.8 Å². The second-order valence-corrected chi connectivity index (χ2v) is 23.1. The highest BCUT2D eigenvalue weighted by Gasteiger charge is 2.84. The van der Waals surface area contributed by atoms with Crippen LogP contribution in [0.4, 0.5) is 0 Å². The number of fused-ring (bicyclic) bond motifs is 7. The predicted molar refractivity (Wildman–Crippen MR) is 225 cm³/mol. The van der Waals surface area contributed by atoms with E-state index in [4.69, 9.17) is 0 Å². The molecule has 3 spiro atoms. The van der Waals surface area contributed by atoms with E-state index in [0.29, 0.717) is 32.1 Å². The number of aliphatic hydroxyl groups is 6. The Morgan fingerprint density at radius 2 is 1.66 bits per heavy atom. The summed E-state index contributed by atoms with van der Waals surface area (Å²) in [5, 5.41) is 74.6. The maximum absolute atomic E-state index is 16.2. The number of rotatable bonds is 3. The van der Waals surface area contributed by atoms with Gasteiger partial charge in [-0.15, -0.1) is 5.92 Å². The first-order valence-electron chi connectivity index (χ1n) is 23.7. The van der Waals surface area contributed by atoms with Gasteiger partial charge < -0.3 is 30.6 Å². The average Bonchev–Trinajstić information content (AvgIpc) is 3.67. The maximum atomic E-state index is 16.2. The van der Waals surface area contributed by atoms with Crippen molar-refractivity contribution in [2.24, 2.45) is 73.4 Å². The van der Waals surface area contributed by atoms with Crippen molar-refractivity contribution >= 4 is 17.9 Å². The number of aliphatic hydroxyl groups excluding tert-OH is 5. The van der Waals surface area contributed by atoms with Crippen molar-refractivity contribution in [1.82, 2.24) is 0 Å². The molecule has 6 N–H and O–H groups in total. The zero-order chi connectivity index (χ0) is 41.3. The molecule has 17 atom stereocenters. The van der Waals surface area contributed by atoms with Crippen molar-refractivity contribution in [2.45, 2.75) is 160 Å². The van der Waals surface area contributed by atoms with Crippen LogP contribution in [0.15, 0.2) is 29.8 Å². The summed E-state index contributed by atoms with van der Waals surface area (Å²) in [6.07, 6.45) is 16.7. The van der Waals surface area contributed by atoms with Gasteiger partial charge in [0.05, 0.1) is 31.0 Å². The lowest BCUT2D eigenvalue weighted by atomic mass is 9.25.